The SMILES string of the molecule is C[C@](NC(=O)C(F)(F)Cc1ccc2ccccc2c1)([C@H](O)c1ccc2c(c1)OCCO2)N1CCCC1. The second-order valence-electron chi connectivity index (χ2n) is 9.66. The molecule has 0 aliphatic carbocycles. The number of aliphatic hydroxyl groups is 1. The second kappa shape index (κ2) is 9.67. The molecule has 1 saturated heterocycles. The molecule has 2 aliphatic rings. The van der Waals surface area contributed by atoms with Gasteiger partial charge in [-0.3, -0.25) is 9.69 Å². The van der Waals surface area contributed by atoms with Gasteiger partial charge in [-0.2, -0.15) is 8.78 Å². The molecule has 3 aromatic carbocycles. The van der Waals surface area contributed by atoms with Gasteiger partial charge in [0.15, 0.2) is 11.5 Å². The molecule has 1 amide bonds. The molecule has 2 N–H and O–H groups in total. The Kier molecular flexibility index (Phi) is 6.57. The van der Waals surface area contributed by atoms with E-state index in [1.807, 2.05) is 29.2 Å². The van der Waals surface area contributed by atoms with Gasteiger partial charge in [0, 0.05) is 19.5 Å². The highest BCUT2D eigenvalue weighted by atomic mass is 19.3. The fourth-order valence-corrected chi connectivity index (χ4v) is 5.06. The van der Waals surface area contributed by atoms with Crippen LogP contribution in [0.2, 0.25) is 0 Å². The Bertz CT molecular complexity index is 1260. The lowest BCUT2D eigenvalue weighted by Crippen LogP contribution is -2.64. The summed E-state index contributed by atoms with van der Waals surface area (Å²) < 4.78 is 41.7. The minimum atomic E-state index is -3.67. The Morgan fingerprint density at radius 3 is 2.44 bits per heavy atom. The summed E-state index contributed by atoms with van der Waals surface area (Å²) in [5.41, 5.74) is -0.625. The predicted octanol–water partition coefficient (Wildman–Crippen LogP) is 4.45. The van der Waals surface area contributed by atoms with E-state index in [2.05, 4.69) is 5.32 Å². The maximum absolute atomic E-state index is 15.3. The maximum atomic E-state index is 15.3. The van der Waals surface area contributed by atoms with Crippen molar-refractivity contribution in [2.24, 2.45) is 0 Å². The zero-order chi connectivity index (χ0) is 25.3. The highest BCUT2D eigenvalue weighted by Crippen LogP contribution is 2.38. The van der Waals surface area contributed by atoms with Gasteiger partial charge in [-0.1, -0.05) is 48.5 Å². The number of rotatable bonds is 7. The van der Waals surface area contributed by atoms with Crippen LogP contribution >= 0.6 is 0 Å². The van der Waals surface area contributed by atoms with Gasteiger partial charge < -0.3 is 19.9 Å². The molecular weight excluding hydrogens is 466 g/mol. The van der Waals surface area contributed by atoms with E-state index in [-0.39, 0.29) is 0 Å². The Balaban J connectivity index is 1.39. The number of ether oxygens (including phenoxy) is 2. The number of carbonyl (C=O) groups excluding carboxylic acids is 1. The first-order chi connectivity index (χ1) is 17.3. The van der Waals surface area contributed by atoms with Gasteiger partial charge in [-0.15, -0.1) is 0 Å². The van der Waals surface area contributed by atoms with Crippen molar-refractivity contribution in [3.05, 3.63) is 71.8 Å². The van der Waals surface area contributed by atoms with Crippen LogP contribution in [0.3, 0.4) is 0 Å². The number of aliphatic hydroxyl groups excluding tert-OH is 1. The van der Waals surface area contributed by atoms with Crippen molar-refractivity contribution in [1.82, 2.24) is 10.2 Å². The molecular formula is C28H30F2N2O4. The topological polar surface area (TPSA) is 71.0 Å². The average molecular weight is 497 g/mol. The van der Waals surface area contributed by atoms with E-state index in [0.29, 0.717) is 48.9 Å². The Labute approximate surface area is 208 Å². The fourth-order valence-electron chi connectivity index (χ4n) is 5.06. The molecule has 0 unspecified atom stereocenters. The molecule has 190 valence electrons. The van der Waals surface area contributed by atoms with Gasteiger partial charge in [-0.25, -0.2) is 0 Å². The van der Waals surface area contributed by atoms with Crippen molar-refractivity contribution in [2.75, 3.05) is 26.3 Å². The van der Waals surface area contributed by atoms with E-state index >= 15 is 8.78 Å². The first-order valence-corrected chi connectivity index (χ1v) is 12.3. The highest BCUT2D eigenvalue weighted by Gasteiger charge is 2.48. The van der Waals surface area contributed by atoms with Crippen LogP contribution < -0.4 is 14.8 Å². The van der Waals surface area contributed by atoms with Crippen molar-refractivity contribution in [1.29, 1.82) is 0 Å². The predicted molar refractivity (Wildman–Crippen MR) is 132 cm³/mol. The summed E-state index contributed by atoms with van der Waals surface area (Å²) in [6, 6.07) is 17.6. The van der Waals surface area contributed by atoms with Crippen LogP contribution in [0, 0.1) is 0 Å². The third kappa shape index (κ3) is 4.75. The van der Waals surface area contributed by atoms with Crippen LogP contribution in [0.1, 0.15) is 37.0 Å². The lowest BCUT2D eigenvalue weighted by Gasteiger charge is -2.43. The highest BCUT2D eigenvalue weighted by molar-refractivity contribution is 5.86. The van der Waals surface area contributed by atoms with E-state index < -0.39 is 30.0 Å². The largest absolute Gasteiger partial charge is 0.486 e. The lowest BCUT2D eigenvalue weighted by molar-refractivity contribution is -0.154. The summed E-state index contributed by atoms with van der Waals surface area (Å²) in [6.45, 7) is 3.57. The van der Waals surface area contributed by atoms with Crippen LogP contribution in [0.25, 0.3) is 10.8 Å². The molecule has 0 radical (unpaired) electrons. The zero-order valence-electron chi connectivity index (χ0n) is 20.2. The van der Waals surface area contributed by atoms with Gasteiger partial charge in [0.25, 0.3) is 5.91 Å². The number of nitrogens with zero attached hydrogens (tertiary/aromatic N) is 1. The summed E-state index contributed by atoms with van der Waals surface area (Å²) in [4.78, 5) is 14.9. The van der Waals surface area contributed by atoms with E-state index in [9.17, 15) is 9.90 Å². The molecule has 6 nitrogen and oxygen atoms in total. The monoisotopic (exact) mass is 496 g/mol. The van der Waals surface area contributed by atoms with Crippen LogP contribution in [0.4, 0.5) is 8.78 Å². The number of halogens is 2. The summed E-state index contributed by atoms with van der Waals surface area (Å²) in [7, 11) is 0. The average Bonchev–Trinajstić information content (AvgIpc) is 3.43. The van der Waals surface area contributed by atoms with Crippen molar-refractivity contribution < 1.29 is 28.2 Å². The van der Waals surface area contributed by atoms with Crippen LogP contribution in [0.5, 0.6) is 11.5 Å². The van der Waals surface area contributed by atoms with E-state index in [1.54, 1.807) is 43.3 Å². The number of benzene rings is 3. The molecule has 0 spiro atoms. The van der Waals surface area contributed by atoms with E-state index in [1.165, 1.54) is 0 Å². The molecule has 0 bridgehead atoms. The van der Waals surface area contributed by atoms with Crippen LogP contribution in [0.15, 0.2) is 60.7 Å². The standard InChI is InChI=1S/C28H30F2N2O4/c1-27(32-12-4-5-13-32,25(33)22-10-11-23-24(17-22)36-15-14-35-23)31-26(34)28(29,30)18-19-8-9-20-6-2-3-7-21(20)16-19/h2-3,6-11,16-17,25,33H,4-5,12-15,18H2,1H3,(H,31,34)/t25-,27-/m1/s1. The number of likely N-dealkylation sites (tertiary alicyclic amines) is 1. The molecule has 5 rings (SSSR count). The number of hydrogen-bond donors (Lipinski definition) is 2. The summed E-state index contributed by atoms with van der Waals surface area (Å²) in [6.07, 6.45) is -0.300. The third-order valence-electron chi connectivity index (χ3n) is 7.12. The number of alkyl halides is 2. The van der Waals surface area contributed by atoms with Crippen molar-refractivity contribution >= 4 is 16.7 Å². The number of hydrogen-bond acceptors (Lipinski definition) is 5. The summed E-state index contributed by atoms with van der Waals surface area (Å²) >= 11 is 0. The maximum Gasteiger partial charge on any atom is 0.328 e. The zero-order valence-corrected chi connectivity index (χ0v) is 20.2. The first kappa shape index (κ1) is 24.5. The van der Waals surface area contributed by atoms with Gasteiger partial charge in [0.1, 0.15) is 25.0 Å². The normalized spacial score (nSPS) is 18.6. The molecule has 1 fully saturated rings. The van der Waals surface area contributed by atoms with Crippen LogP contribution in [-0.2, 0) is 11.2 Å². The molecule has 3 aromatic rings. The van der Waals surface area contributed by atoms with Crippen molar-refractivity contribution in [3.63, 3.8) is 0 Å². The fraction of sp³-hybridized carbons (Fsp3) is 0.393. The van der Waals surface area contributed by atoms with Crippen LogP contribution in [-0.4, -0.2) is 53.8 Å². The Morgan fingerprint density at radius 1 is 1.00 bits per heavy atom. The van der Waals surface area contributed by atoms with E-state index in [4.69, 9.17) is 9.47 Å². The van der Waals surface area contributed by atoms with Crippen molar-refractivity contribution in [2.45, 2.75) is 43.9 Å². The molecule has 2 atom stereocenters. The lowest BCUT2D eigenvalue weighted by atomic mass is 9.94. The third-order valence-corrected chi connectivity index (χ3v) is 7.12. The van der Waals surface area contributed by atoms with Gasteiger partial charge in [0.2, 0.25) is 0 Å². The summed E-state index contributed by atoms with van der Waals surface area (Å²) in [5, 5.41) is 15.7. The van der Waals surface area contributed by atoms with Gasteiger partial charge >= 0.3 is 5.92 Å². The number of amides is 1. The van der Waals surface area contributed by atoms with E-state index in [0.717, 1.165) is 23.6 Å². The smallest absolute Gasteiger partial charge is 0.328 e. The second-order valence-corrected chi connectivity index (χ2v) is 9.66. The summed E-state index contributed by atoms with van der Waals surface area (Å²) in [5.74, 6) is -4.04. The Morgan fingerprint density at radius 2 is 1.69 bits per heavy atom. The molecule has 2 heterocycles. The van der Waals surface area contributed by atoms with Gasteiger partial charge in [0.05, 0.1) is 0 Å². The molecule has 0 aromatic heterocycles. The molecule has 0 saturated carbocycles. The number of carbonyl (C=O) groups is 1. The number of nitrogens with one attached hydrogen (secondary N) is 1. The van der Waals surface area contributed by atoms with Crippen molar-refractivity contribution in [3.8, 4) is 11.5 Å². The first-order valence-electron chi connectivity index (χ1n) is 12.3. The van der Waals surface area contributed by atoms with Gasteiger partial charge in [-0.05, 0) is 53.8 Å². The molecule has 2 aliphatic heterocycles. The molecule has 8 heteroatoms. The number of fused-ring (bicyclic) bond motifs is 2. The minimum absolute atomic E-state index is 0.365. The minimum Gasteiger partial charge on any atom is -0.486 e. The molecule has 36 heavy (non-hydrogen) atoms. The quantitative estimate of drug-likeness (QED) is 0.506. The Hall–Kier alpha value is -3.23.